The minimum Gasteiger partial charge on any atom is -0.486 e. The Kier molecular flexibility index (Phi) is 5.16. The van der Waals surface area contributed by atoms with E-state index in [1.54, 1.807) is 0 Å². The third-order valence-corrected chi connectivity index (χ3v) is 4.52. The lowest BCUT2D eigenvalue weighted by atomic mass is 10.2. The molecule has 9 nitrogen and oxygen atoms in total. The zero-order chi connectivity index (χ0) is 16.2. The van der Waals surface area contributed by atoms with Gasteiger partial charge in [-0.25, -0.2) is 13.1 Å². The number of fused-ring (bicyclic) bond motifs is 1. The largest absolute Gasteiger partial charge is 0.486 e. The van der Waals surface area contributed by atoms with Crippen LogP contribution in [0.2, 0.25) is 0 Å². The number of nitrogens with two attached hydrogens (primary N) is 1. The first-order valence-corrected chi connectivity index (χ1v) is 8.22. The summed E-state index contributed by atoms with van der Waals surface area (Å²) in [5.74, 6) is 0.346. The Balaban J connectivity index is 2.33. The fourth-order valence-electron chi connectivity index (χ4n) is 1.97. The molecule has 0 radical (unpaired) electrons. The van der Waals surface area contributed by atoms with E-state index in [1.807, 2.05) is 0 Å². The van der Waals surface area contributed by atoms with E-state index in [9.17, 15) is 18.5 Å². The van der Waals surface area contributed by atoms with Crippen molar-refractivity contribution in [2.75, 3.05) is 26.3 Å². The molecule has 0 amide bonds. The third-order valence-electron chi connectivity index (χ3n) is 3.03. The van der Waals surface area contributed by atoms with E-state index in [-0.39, 0.29) is 31.3 Å². The van der Waals surface area contributed by atoms with Crippen LogP contribution < -0.4 is 19.9 Å². The lowest BCUT2D eigenvalue weighted by Crippen LogP contribution is -2.26. The summed E-state index contributed by atoms with van der Waals surface area (Å²) in [6.45, 7) is 1.12. The highest BCUT2D eigenvalue weighted by Gasteiger charge is 2.30. The normalized spacial score (nSPS) is 13.9. The van der Waals surface area contributed by atoms with Gasteiger partial charge in [-0.05, 0) is 19.4 Å². The van der Waals surface area contributed by atoms with E-state index in [1.165, 1.54) is 0 Å². The average molecular weight is 331 g/mol. The lowest BCUT2D eigenvalue weighted by molar-refractivity contribution is -0.388. The number of rotatable bonds is 7. The summed E-state index contributed by atoms with van der Waals surface area (Å²) in [5.41, 5.74) is 4.79. The average Bonchev–Trinajstić information content (AvgIpc) is 2.50. The number of hydrogen-bond acceptors (Lipinski definition) is 7. The zero-order valence-corrected chi connectivity index (χ0v) is 12.6. The van der Waals surface area contributed by atoms with E-state index < -0.39 is 25.5 Å². The predicted octanol–water partition coefficient (Wildman–Crippen LogP) is 0.383. The van der Waals surface area contributed by atoms with Crippen molar-refractivity contribution >= 4 is 15.7 Å². The number of nitrogens with one attached hydrogen (secondary N) is 1. The molecule has 1 aromatic carbocycles. The number of ether oxygens (including phenoxy) is 2. The Morgan fingerprint density at radius 3 is 2.45 bits per heavy atom. The molecular formula is C12H17N3O6S. The maximum atomic E-state index is 12.3. The number of nitro benzene ring substituents is 1. The number of benzene rings is 1. The molecule has 0 spiro atoms. The summed E-state index contributed by atoms with van der Waals surface area (Å²) in [7, 11) is -4.02. The molecule has 1 aliphatic rings. The highest BCUT2D eigenvalue weighted by Crippen LogP contribution is 2.38. The van der Waals surface area contributed by atoms with Crippen LogP contribution in [0.5, 0.6) is 11.5 Å². The van der Waals surface area contributed by atoms with E-state index in [4.69, 9.17) is 15.2 Å². The maximum Gasteiger partial charge on any atom is 0.293 e. The molecule has 0 bridgehead atoms. The first kappa shape index (κ1) is 16.5. The molecule has 0 fully saturated rings. The standard InChI is InChI=1S/C12H17N3O6S/c13-3-1-2-4-14-22(18,19)12-8-11-10(20-5-6-21-11)7-9(12)15(16)17/h7-8,14H,1-6,13H2. The molecule has 1 heterocycles. The molecule has 0 saturated carbocycles. The molecule has 1 aromatic rings. The molecule has 0 unspecified atom stereocenters. The lowest BCUT2D eigenvalue weighted by Gasteiger charge is -2.19. The first-order valence-electron chi connectivity index (χ1n) is 6.73. The molecule has 122 valence electrons. The molecule has 10 heteroatoms. The Morgan fingerprint density at radius 1 is 1.23 bits per heavy atom. The van der Waals surface area contributed by atoms with Gasteiger partial charge in [0.2, 0.25) is 10.0 Å². The van der Waals surface area contributed by atoms with Crippen molar-refractivity contribution in [1.82, 2.24) is 4.72 Å². The number of nitrogens with zero attached hydrogens (tertiary/aromatic N) is 1. The number of sulfonamides is 1. The number of unbranched alkanes of at least 4 members (excludes halogenated alkanes) is 1. The number of hydrogen-bond donors (Lipinski definition) is 2. The van der Waals surface area contributed by atoms with E-state index in [0.29, 0.717) is 19.4 Å². The Bertz CT molecular complexity index is 661. The van der Waals surface area contributed by atoms with Gasteiger partial charge < -0.3 is 15.2 Å². The van der Waals surface area contributed by atoms with Crippen LogP contribution in [0.25, 0.3) is 0 Å². The van der Waals surface area contributed by atoms with E-state index in [0.717, 1.165) is 12.1 Å². The Hall–Kier alpha value is -1.91. The van der Waals surface area contributed by atoms with Crippen LogP contribution in [-0.4, -0.2) is 39.6 Å². The molecule has 0 atom stereocenters. The summed E-state index contributed by atoms with van der Waals surface area (Å²) in [5, 5.41) is 11.1. The van der Waals surface area contributed by atoms with Gasteiger partial charge in [0.1, 0.15) is 13.2 Å². The molecule has 0 aromatic heterocycles. The molecule has 22 heavy (non-hydrogen) atoms. The van der Waals surface area contributed by atoms with Crippen molar-refractivity contribution in [3.63, 3.8) is 0 Å². The summed E-state index contributed by atoms with van der Waals surface area (Å²) < 4.78 is 37.4. The Morgan fingerprint density at radius 2 is 1.86 bits per heavy atom. The monoisotopic (exact) mass is 331 g/mol. The fraction of sp³-hybridized carbons (Fsp3) is 0.500. The van der Waals surface area contributed by atoms with Crippen molar-refractivity contribution in [2.24, 2.45) is 5.73 Å². The van der Waals surface area contributed by atoms with Gasteiger partial charge in [0.25, 0.3) is 5.69 Å². The van der Waals surface area contributed by atoms with Gasteiger partial charge in [0.05, 0.1) is 11.0 Å². The maximum absolute atomic E-state index is 12.3. The molecule has 1 aliphatic heterocycles. The summed E-state index contributed by atoms with van der Waals surface area (Å²) in [4.78, 5) is 9.94. The smallest absolute Gasteiger partial charge is 0.293 e. The summed E-state index contributed by atoms with van der Waals surface area (Å²) in [6, 6.07) is 2.20. The van der Waals surface area contributed by atoms with Gasteiger partial charge in [0.15, 0.2) is 16.4 Å². The summed E-state index contributed by atoms with van der Waals surface area (Å²) >= 11 is 0. The third kappa shape index (κ3) is 3.64. The predicted molar refractivity (Wildman–Crippen MR) is 77.6 cm³/mol. The zero-order valence-electron chi connectivity index (χ0n) is 11.8. The van der Waals surface area contributed by atoms with Crippen LogP contribution in [-0.2, 0) is 10.0 Å². The van der Waals surface area contributed by atoms with Gasteiger partial charge >= 0.3 is 0 Å². The molecule has 0 aliphatic carbocycles. The van der Waals surface area contributed by atoms with Crippen molar-refractivity contribution in [1.29, 1.82) is 0 Å². The minimum atomic E-state index is -4.02. The highest BCUT2D eigenvalue weighted by molar-refractivity contribution is 7.89. The molecular weight excluding hydrogens is 314 g/mol. The van der Waals surface area contributed by atoms with Crippen molar-refractivity contribution in [3.8, 4) is 11.5 Å². The Labute approximate surface area is 127 Å². The van der Waals surface area contributed by atoms with Gasteiger partial charge in [-0.1, -0.05) is 0 Å². The fourth-order valence-corrected chi connectivity index (χ4v) is 3.21. The van der Waals surface area contributed by atoms with Gasteiger partial charge in [-0.3, -0.25) is 10.1 Å². The SMILES string of the molecule is NCCCCNS(=O)(=O)c1cc2c(cc1[N+](=O)[O-])OCCO2. The van der Waals surface area contributed by atoms with Crippen LogP contribution in [0.3, 0.4) is 0 Å². The van der Waals surface area contributed by atoms with Crippen molar-refractivity contribution in [3.05, 3.63) is 22.2 Å². The second kappa shape index (κ2) is 6.90. The highest BCUT2D eigenvalue weighted by atomic mass is 32.2. The minimum absolute atomic E-state index is 0.158. The van der Waals surface area contributed by atoms with Crippen molar-refractivity contribution < 1.29 is 22.8 Å². The summed E-state index contributed by atoms with van der Waals surface area (Å²) in [6.07, 6.45) is 1.21. The van der Waals surface area contributed by atoms with Crippen LogP contribution in [0.15, 0.2) is 17.0 Å². The first-order chi connectivity index (χ1) is 10.5. The van der Waals surface area contributed by atoms with E-state index >= 15 is 0 Å². The van der Waals surface area contributed by atoms with Crippen LogP contribution in [0.4, 0.5) is 5.69 Å². The molecule has 3 N–H and O–H groups in total. The quantitative estimate of drug-likeness (QED) is 0.419. The van der Waals surface area contributed by atoms with Gasteiger partial charge in [-0.2, -0.15) is 0 Å². The topological polar surface area (TPSA) is 134 Å². The van der Waals surface area contributed by atoms with Crippen LogP contribution in [0.1, 0.15) is 12.8 Å². The molecule has 2 rings (SSSR count). The molecule has 0 saturated heterocycles. The second-order valence-corrected chi connectivity index (χ2v) is 6.35. The van der Waals surface area contributed by atoms with Crippen LogP contribution >= 0.6 is 0 Å². The van der Waals surface area contributed by atoms with Gasteiger partial charge in [-0.15, -0.1) is 0 Å². The van der Waals surface area contributed by atoms with Crippen LogP contribution in [0, 0.1) is 10.1 Å². The second-order valence-electron chi connectivity index (χ2n) is 4.61. The van der Waals surface area contributed by atoms with Crippen molar-refractivity contribution in [2.45, 2.75) is 17.7 Å². The number of nitro groups is 1. The van der Waals surface area contributed by atoms with E-state index in [2.05, 4.69) is 4.72 Å². The van der Waals surface area contributed by atoms with Gasteiger partial charge in [0, 0.05) is 12.6 Å².